The van der Waals surface area contributed by atoms with Crippen LogP contribution < -0.4 is 9.47 Å². The molecule has 0 aromatic heterocycles. The van der Waals surface area contributed by atoms with E-state index in [2.05, 4.69) is 31.2 Å². The normalized spacial score (nSPS) is 11.0. The highest BCUT2D eigenvalue weighted by atomic mass is 16.5. The Kier molecular flexibility index (Phi) is 11.2. The first-order valence-corrected chi connectivity index (χ1v) is 11.0. The minimum atomic E-state index is 0.0209. The minimum Gasteiger partial charge on any atom is -0.491 e. The summed E-state index contributed by atoms with van der Waals surface area (Å²) in [5.74, 6) is 1.91. The zero-order valence-electron chi connectivity index (χ0n) is 17.7. The quantitative estimate of drug-likeness (QED) is 0.398. The minimum absolute atomic E-state index is 0.0209. The van der Waals surface area contributed by atoms with Gasteiger partial charge in [-0.3, -0.25) is 0 Å². The number of hydrogen-bond donors (Lipinski definition) is 2. The van der Waals surface area contributed by atoms with E-state index in [1.807, 2.05) is 24.3 Å². The highest BCUT2D eigenvalue weighted by Crippen LogP contribution is 2.32. The zero-order chi connectivity index (χ0) is 20.7. The third kappa shape index (κ3) is 8.46. The van der Waals surface area contributed by atoms with E-state index in [9.17, 15) is 0 Å². The van der Waals surface area contributed by atoms with Gasteiger partial charge in [0.05, 0.1) is 13.2 Å². The molecule has 2 aromatic carbocycles. The number of rotatable bonds is 15. The van der Waals surface area contributed by atoms with Gasteiger partial charge in [0.2, 0.25) is 0 Å². The third-order valence-corrected chi connectivity index (χ3v) is 5.13. The molecular weight excluding hydrogens is 364 g/mol. The van der Waals surface area contributed by atoms with E-state index in [4.69, 9.17) is 19.7 Å². The lowest BCUT2D eigenvalue weighted by molar-refractivity contribution is 0.201. The Balaban J connectivity index is 2.06. The van der Waals surface area contributed by atoms with Crippen LogP contribution in [0.3, 0.4) is 0 Å². The summed E-state index contributed by atoms with van der Waals surface area (Å²) >= 11 is 0. The summed E-state index contributed by atoms with van der Waals surface area (Å²) < 4.78 is 11.0. The van der Waals surface area contributed by atoms with Gasteiger partial charge in [0.15, 0.2) is 0 Å². The van der Waals surface area contributed by atoms with Crippen LogP contribution in [0.25, 0.3) is 0 Å². The first-order chi connectivity index (χ1) is 14.3. The highest BCUT2D eigenvalue weighted by molar-refractivity contribution is 5.38. The smallest absolute Gasteiger partial charge is 0.119 e. The molecule has 0 atom stereocenters. The molecule has 0 spiro atoms. The fraction of sp³-hybridized carbons (Fsp3) is 0.520. The number of aliphatic hydroxyl groups is 2. The number of ether oxygens (including phenoxy) is 2. The summed E-state index contributed by atoms with van der Waals surface area (Å²) in [7, 11) is 0. The highest BCUT2D eigenvalue weighted by Gasteiger charge is 2.14. The summed E-state index contributed by atoms with van der Waals surface area (Å²) in [6.45, 7) is 2.92. The zero-order valence-corrected chi connectivity index (χ0v) is 17.7. The fourth-order valence-electron chi connectivity index (χ4n) is 3.57. The Labute approximate surface area is 175 Å². The third-order valence-electron chi connectivity index (χ3n) is 5.13. The van der Waals surface area contributed by atoms with Crippen molar-refractivity contribution in [1.29, 1.82) is 0 Å². The van der Waals surface area contributed by atoms with Crippen molar-refractivity contribution < 1.29 is 19.7 Å². The predicted molar refractivity (Wildman–Crippen MR) is 118 cm³/mol. The molecule has 0 aliphatic heterocycles. The monoisotopic (exact) mass is 400 g/mol. The van der Waals surface area contributed by atoms with Crippen LogP contribution in [-0.2, 0) is 0 Å². The number of aliphatic hydroxyl groups excluding tert-OH is 2. The topological polar surface area (TPSA) is 58.9 Å². The lowest BCUT2D eigenvalue weighted by atomic mass is 9.86. The van der Waals surface area contributed by atoms with Gasteiger partial charge in [-0.25, -0.2) is 0 Å². The molecule has 0 amide bonds. The second-order valence-corrected chi connectivity index (χ2v) is 7.39. The second-order valence-electron chi connectivity index (χ2n) is 7.39. The van der Waals surface area contributed by atoms with Crippen LogP contribution in [0.15, 0.2) is 48.5 Å². The molecule has 0 saturated heterocycles. The Morgan fingerprint density at radius 3 is 1.55 bits per heavy atom. The van der Waals surface area contributed by atoms with Crippen LogP contribution >= 0.6 is 0 Å². The van der Waals surface area contributed by atoms with Crippen molar-refractivity contribution in [1.82, 2.24) is 0 Å². The van der Waals surface area contributed by atoms with Crippen LogP contribution in [0.4, 0.5) is 0 Å². The van der Waals surface area contributed by atoms with Gasteiger partial charge in [0.25, 0.3) is 0 Å². The maximum absolute atomic E-state index is 8.92. The van der Waals surface area contributed by atoms with Crippen LogP contribution in [-0.4, -0.2) is 36.6 Å². The van der Waals surface area contributed by atoms with Gasteiger partial charge < -0.3 is 19.7 Å². The Bertz CT molecular complexity index is 600. The van der Waals surface area contributed by atoms with Crippen molar-refractivity contribution >= 4 is 0 Å². The second kappa shape index (κ2) is 14.0. The summed E-state index contributed by atoms with van der Waals surface area (Å²) in [5.41, 5.74) is 2.55. The van der Waals surface area contributed by atoms with Crippen molar-refractivity contribution in [2.24, 2.45) is 0 Å². The maximum atomic E-state index is 8.92. The lowest BCUT2D eigenvalue weighted by Crippen LogP contribution is -2.04. The molecule has 2 aromatic rings. The summed E-state index contributed by atoms with van der Waals surface area (Å²) in [6, 6.07) is 16.5. The van der Waals surface area contributed by atoms with Gasteiger partial charge in [-0.1, -0.05) is 69.7 Å². The average Bonchev–Trinajstić information content (AvgIpc) is 2.77. The molecule has 160 valence electrons. The van der Waals surface area contributed by atoms with E-state index in [0.29, 0.717) is 19.1 Å². The number of unbranched alkanes of at least 4 members (excludes halogenated alkanes) is 5. The molecule has 0 radical (unpaired) electrons. The van der Waals surface area contributed by atoms with Crippen molar-refractivity contribution in [2.45, 2.75) is 57.8 Å². The van der Waals surface area contributed by atoms with Crippen molar-refractivity contribution in [3.8, 4) is 11.5 Å². The van der Waals surface area contributed by atoms with Crippen molar-refractivity contribution in [3.63, 3.8) is 0 Å². The van der Waals surface area contributed by atoms with Gasteiger partial charge in [-0.05, 0) is 41.8 Å². The number of benzene rings is 2. The van der Waals surface area contributed by atoms with Gasteiger partial charge in [-0.2, -0.15) is 0 Å². The molecule has 0 bridgehead atoms. The Morgan fingerprint density at radius 2 is 1.10 bits per heavy atom. The Hall–Kier alpha value is -2.04. The van der Waals surface area contributed by atoms with E-state index < -0.39 is 0 Å². The molecule has 0 saturated carbocycles. The average molecular weight is 401 g/mol. The predicted octanol–water partition coefficient (Wildman–Crippen LogP) is 5.31. The van der Waals surface area contributed by atoms with E-state index in [1.165, 1.54) is 49.7 Å². The summed E-state index contributed by atoms with van der Waals surface area (Å²) in [6.07, 6.45) is 8.83. The van der Waals surface area contributed by atoms with Gasteiger partial charge in [0.1, 0.15) is 24.7 Å². The van der Waals surface area contributed by atoms with Gasteiger partial charge >= 0.3 is 0 Å². The van der Waals surface area contributed by atoms with Crippen LogP contribution in [0, 0.1) is 0 Å². The molecule has 0 aliphatic rings. The van der Waals surface area contributed by atoms with Crippen molar-refractivity contribution in [2.75, 3.05) is 26.4 Å². The standard InChI is InChI=1S/C25H36O4/c1-2-3-4-5-6-7-8-25(21-9-13-23(14-10-21)28-19-17-26)22-11-15-24(16-12-22)29-20-18-27/h9-16,25-27H,2-8,17-20H2,1H3. The SMILES string of the molecule is CCCCCCCCC(c1ccc(OCCO)cc1)c1ccc(OCCO)cc1. The van der Waals surface area contributed by atoms with Crippen LogP contribution in [0.1, 0.15) is 68.9 Å². The summed E-state index contributed by atoms with van der Waals surface area (Å²) in [4.78, 5) is 0. The molecule has 29 heavy (non-hydrogen) atoms. The van der Waals surface area contributed by atoms with Crippen molar-refractivity contribution in [3.05, 3.63) is 59.7 Å². The van der Waals surface area contributed by atoms with E-state index in [1.54, 1.807) is 0 Å². The van der Waals surface area contributed by atoms with Gasteiger partial charge in [-0.15, -0.1) is 0 Å². The first-order valence-electron chi connectivity index (χ1n) is 11.0. The molecule has 4 heteroatoms. The van der Waals surface area contributed by atoms with E-state index >= 15 is 0 Å². The molecule has 4 nitrogen and oxygen atoms in total. The van der Waals surface area contributed by atoms with Crippen LogP contribution in [0.5, 0.6) is 11.5 Å². The lowest BCUT2D eigenvalue weighted by Gasteiger charge is -2.19. The summed E-state index contributed by atoms with van der Waals surface area (Å²) in [5, 5.41) is 17.8. The van der Waals surface area contributed by atoms with E-state index in [0.717, 1.165) is 17.9 Å². The largest absolute Gasteiger partial charge is 0.491 e. The molecule has 2 N–H and O–H groups in total. The number of hydrogen-bond acceptors (Lipinski definition) is 4. The van der Waals surface area contributed by atoms with Gasteiger partial charge in [0, 0.05) is 5.92 Å². The Morgan fingerprint density at radius 1 is 0.655 bits per heavy atom. The molecule has 0 unspecified atom stereocenters. The molecule has 0 aliphatic carbocycles. The molecule has 0 heterocycles. The molecular formula is C25H36O4. The fourth-order valence-corrected chi connectivity index (χ4v) is 3.57. The molecule has 0 fully saturated rings. The molecule has 2 rings (SSSR count). The maximum Gasteiger partial charge on any atom is 0.119 e. The first kappa shape index (κ1) is 23.2. The van der Waals surface area contributed by atoms with E-state index in [-0.39, 0.29) is 13.2 Å². The van der Waals surface area contributed by atoms with Crippen LogP contribution in [0.2, 0.25) is 0 Å².